The van der Waals surface area contributed by atoms with Crippen molar-refractivity contribution in [2.45, 2.75) is 5.75 Å². The van der Waals surface area contributed by atoms with Gasteiger partial charge in [0, 0.05) is 17.4 Å². The second kappa shape index (κ2) is 9.58. The van der Waals surface area contributed by atoms with E-state index >= 15 is 0 Å². The molecule has 0 unspecified atom stereocenters. The highest BCUT2D eigenvalue weighted by Gasteiger charge is 2.10. The Hall–Kier alpha value is -2.67. The number of rotatable bonds is 7. The zero-order valence-electron chi connectivity index (χ0n) is 14.4. The molecule has 2 aromatic rings. The van der Waals surface area contributed by atoms with Crippen molar-refractivity contribution >= 4 is 23.1 Å². The number of hydrogen-bond acceptors (Lipinski definition) is 6. The van der Waals surface area contributed by atoms with Gasteiger partial charge < -0.3 is 19.9 Å². The minimum Gasteiger partial charge on any atom is -0.496 e. The van der Waals surface area contributed by atoms with Crippen LogP contribution in [0.2, 0.25) is 0 Å². The predicted octanol–water partition coefficient (Wildman–Crippen LogP) is 3.29. The molecule has 0 aliphatic rings. The van der Waals surface area contributed by atoms with Crippen LogP contribution in [0.5, 0.6) is 17.2 Å². The van der Waals surface area contributed by atoms with E-state index in [-0.39, 0.29) is 0 Å². The Morgan fingerprint density at radius 3 is 2.28 bits per heavy atom. The van der Waals surface area contributed by atoms with E-state index in [0.29, 0.717) is 28.0 Å². The van der Waals surface area contributed by atoms with E-state index in [2.05, 4.69) is 10.2 Å². The Balaban J connectivity index is 2.07. The Labute approximate surface area is 151 Å². The molecule has 2 aromatic carbocycles. The van der Waals surface area contributed by atoms with Gasteiger partial charge in [-0.3, -0.25) is 0 Å². The maximum Gasteiger partial charge on any atom is 0.180 e. The quantitative estimate of drug-likeness (QED) is 0.466. The van der Waals surface area contributed by atoms with Crippen LogP contribution in [0.15, 0.2) is 52.7 Å². The van der Waals surface area contributed by atoms with Crippen LogP contribution in [-0.4, -0.2) is 32.7 Å². The second-order valence-corrected chi connectivity index (χ2v) is 5.90. The summed E-state index contributed by atoms with van der Waals surface area (Å²) in [5.74, 6) is 2.51. The SMILES string of the molecule is COc1cc(OC)c(OC)cc1C=NN=C(N)SCc1ccccc1. The molecule has 0 amide bonds. The highest BCUT2D eigenvalue weighted by atomic mass is 32.2. The summed E-state index contributed by atoms with van der Waals surface area (Å²) in [6, 6.07) is 13.5. The summed E-state index contributed by atoms with van der Waals surface area (Å²) < 4.78 is 15.9. The average Bonchev–Trinajstić information content (AvgIpc) is 2.66. The van der Waals surface area contributed by atoms with E-state index in [0.717, 1.165) is 5.75 Å². The van der Waals surface area contributed by atoms with E-state index in [4.69, 9.17) is 19.9 Å². The summed E-state index contributed by atoms with van der Waals surface area (Å²) in [5.41, 5.74) is 7.77. The first-order valence-electron chi connectivity index (χ1n) is 7.51. The van der Waals surface area contributed by atoms with Crippen molar-refractivity contribution in [2.75, 3.05) is 21.3 Å². The second-order valence-electron chi connectivity index (χ2n) is 4.91. The monoisotopic (exact) mass is 359 g/mol. The molecule has 2 rings (SSSR count). The van der Waals surface area contributed by atoms with Crippen LogP contribution in [0.4, 0.5) is 0 Å². The number of nitrogens with zero attached hydrogens (tertiary/aromatic N) is 2. The topological polar surface area (TPSA) is 78.4 Å². The minimum absolute atomic E-state index is 0.388. The molecule has 6 nitrogen and oxygen atoms in total. The molecular weight excluding hydrogens is 338 g/mol. The number of methoxy groups -OCH3 is 3. The summed E-state index contributed by atoms with van der Waals surface area (Å²) in [7, 11) is 4.72. The number of thioether (sulfide) groups is 1. The fourth-order valence-electron chi connectivity index (χ4n) is 2.06. The van der Waals surface area contributed by atoms with Gasteiger partial charge in [-0.25, -0.2) is 0 Å². The van der Waals surface area contributed by atoms with Gasteiger partial charge in [-0.15, -0.1) is 5.10 Å². The average molecular weight is 359 g/mol. The van der Waals surface area contributed by atoms with Gasteiger partial charge in [0.25, 0.3) is 0 Å². The fraction of sp³-hybridized carbons (Fsp3) is 0.222. The lowest BCUT2D eigenvalue weighted by molar-refractivity contribution is 0.349. The van der Waals surface area contributed by atoms with Crippen molar-refractivity contribution in [3.8, 4) is 17.2 Å². The first-order valence-corrected chi connectivity index (χ1v) is 8.49. The molecule has 0 fully saturated rings. The van der Waals surface area contributed by atoms with E-state index in [9.17, 15) is 0 Å². The van der Waals surface area contributed by atoms with Crippen LogP contribution in [0.25, 0.3) is 0 Å². The first-order chi connectivity index (χ1) is 12.2. The number of benzene rings is 2. The van der Waals surface area contributed by atoms with Gasteiger partial charge in [-0.05, 0) is 11.6 Å². The number of amidine groups is 1. The van der Waals surface area contributed by atoms with Crippen LogP contribution in [0.1, 0.15) is 11.1 Å². The normalized spacial score (nSPS) is 11.6. The Morgan fingerprint density at radius 2 is 1.64 bits per heavy atom. The molecule has 0 radical (unpaired) electrons. The lowest BCUT2D eigenvalue weighted by Gasteiger charge is -2.11. The smallest absolute Gasteiger partial charge is 0.180 e. The molecule has 2 N–H and O–H groups in total. The molecule has 25 heavy (non-hydrogen) atoms. The molecule has 0 spiro atoms. The standard InChI is InChI=1S/C18H21N3O3S/c1-22-15-10-17(24-3)16(23-2)9-14(15)11-20-21-18(19)25-12-13-7-5-4-6-8-13/h4-11H,12H2,1-3H3,(H2,19,21). The maximum atomic E-state index is 5.88. The Bertz CT molecular complexity index is 749. The summed E-state index contributed by atoms with van der Waals surface area (Å²) in [6.45, 7) is 0. The lowest BCUT2D eigenvalue weighted by atomic mass is 10.2. The van der Waals surface area contributed by atoms with Gasteiger partial charge in [0.1, 0.15) is 5.75 Å². The van der Waals surface area contributed by atoms with Crippen LogP contribution < -0.4 is 19.9 Å². The number of ether oxygens (including phenoxy) is 3. The van der Waals surface area contributed by atoms with Crippen molar-refractivity contribution in [2.24, 2.45) is 15.9 Å². The number of hydrogen-bond donors (Lipinski definition) is 1. The third-order valence-corrected chi connectivity index (χ3v) is 4.17. The molecular formula is C18H21N3O3S. The van der Waals surface area contributed by atoms with Gasteiger partial charge in [0.05, 0.1) is 27.5 Å². The van der Waals surface area contributed by atoms with Gasteiger partial charge >= 0.3 is 0 Å². The highest BCUT2D eigenvalue weighted by Crippen LogP contribution is 2.33. The largest absolute Gasteiger partial charge is 0.496 e. The van der Waals surface area contributed by atoms with Gasteiger partial charge in [-0.2, -0.15) is 5.10 Å². The van der Waals surface area contributed by atoms with Gasteiger partial charge in [0.2, 0.25) is 0 Å². The van der Waals surface area contributed by atoms with Crippen LogP contribution in [-0.2, 0) is 5.75 Å². The molecule has 7 heteroatoms. The van der Waals surface area contributed by atoms with Crippen LogP contribution >= 0.6 is 11.8 Å². The summed E-state index contributed by atoms with van der Waals surface area (Å²) in [5, 5.41) is 8.43. The van der Waals surface area contributed by atoms with Crippen molar-refractivity contribution in [1.29, 1.82) is 0 Å². The van der Waals surface area contributed by atoms with Crippen molar-refractivity contribution in [3.05, 3.63) is 53.6 Å². The van der Waals surface area contributed by atoms with Crippen molar-refractivity contribution in [1.82, 2.24) is 0 Å². The molecule has 0 saturated heterocycles. The van der Waals surface area contributed by atoms with Crippen LogP contribution in [0, 0.1) is 0 Å². The minimum atomic E-state index is 0.388. The van der Waals surface area contributed by atoms with E-state index < -0.39 is 0 Å². The maximum absolute atomic E-state index is 5.88. The predicted molar refractivity (Wildman–Crippen MR) is 103 cm³/mol. The molecule has 0 aliphatic carbocycles. The van der Waals surface area contributed by atoms with Crippen molar-refractivity contribution in [3.63, 3.8) is 0 Å². The van der Waals surface area contributed by atoms with E-state index in [1.54, 1.807) is 39.7 Å². The zero-order chi connectivity index (χ0) is 18.1. The lowest BCUT2D eigenvalue weighted by Crippen LogP contribution is -2.06. The summed E-state index contributed by atoms with van der Waals surface area (Å²) in [4.78, 5) is 0. The Kier molecular flexibility index (Phi) is 7.16. The highest BCUT2D eigenvalue weighted by molar-refractivity contribution is 8.13. The molecule has 132 valence electrons. The fourth-order valence-corrected chi connectivity index (χ4v) is 2.67. The van der Waals surface area contributed by atoms with E-state index in [1.807, 2.05) is 30.3 Å². The molecule has 0 saturated carbocycles. The molecule has 0 aliphatic heterocycles. The third kappa shape index (κ3) is 5.42. The van der Waals surface area contributed by atoms with Crippen molar-refractivity contribution < 1.29 is 14.2 Å². The van der Waals surface area contributed by atoms with Gasteiger partial charge in [-0.1, -0.05) is 42.1 Å². The zero-order valence-corrected chi connectivity index (χ0v) is 15.2. The van der Waals surface area contributed by atoms with E-state index in [1.165, 1.54) is 17.3 Å². The van der Waals surface area contributed by atoms with Crippen LogP contribution in [0.3, 0.4) is 0 Å². The van der Waals surface area contributed by atoms with Gasteiger partial charge in [0.15, 0.2) is 16.7 Å². The molecule has 0 bridgehead atoms. The first kappa shape index (κ1) is 18.7. The molecule has 0 atom stereocenters. The molecule has 0 aromatic heterocycles. The molecule has 0 heterocycles. The number of nitrogens with two attached hydrogens (primary N) is 1. The summed E-state index contributed by atoms with van der Waals surface area (Å²) in [6.07, 6.45) is 1.57. The third-order valence-electron chi connectivity index (χ3n) is 3.32. The summed E-state index contributed by atoms with van der Waals surface area (Å²) >= 11 is 1.43. The Morgan fingerprint density at radius 1 is 1.00 bits per heavy atom.